The standard InChI is InChI=1S/C11H11N3S/c1-9-3-2-4-10(7-9)8-13-14-11-12-5-6-15-11/h2-8H,1H3,(H,12,14). The first-order valence-electron chi connectivity index (χ1n) is 4.60. The maximum atomic E-state index is 4.10. The highest BCUT2D eigenvalue weighted by atomic mass is 32.1. The van der Waals surface area contributed by atoms with Crippen molar-refractivity contribution in [2.24, 2.45) is 5.10 Å². The Balaban J connectivity index is 2.00. The number of hydrogen-bond donors (Lipinski definition) is 1. The summed E-state index contributed by atoms with van der Waals surface area (Å²) in [5.74, 6) is 0. The second-order valence-electron chi connectivity index (χ2n) is 3.12. The first-order chi connectivity index (χ1) is 7.34. The molecule has 0 amide bonds. The van der Waals surface area contributed by atoms with Crippen LogP contribution in [0.5, 0.6) is 0 Å². The molecule has 4 heteroatoms. The smallest absolute Gasteiger partial charge is 0.203 e. The average Bonchev–Trinajstić information content (AvgIpc) is 2.71. The third kappa shape index (κ3) is 2.89. The molecule has 0 spiro atoms. The molecule has 1 N–H and O–H groups in total. The molecule has 0 atom stereocenters. The van der Waals surface area contributed by atoms with Crippen LogP contribution in [0.2, 0.25) is 0 Å². The summed E-state index contributed by atoms with van der Waals surface area (Å²) in [6.07, 6.45) is 3.53. The van der Waals surface area contributed by atoms with E-state index in [0.29, 0.717) is 0 Å². The number of nitrogens with one attached hydrogen (secondary N) is 1. The van der Waals surface area contributed by atoms with Gasteiger partial charge in [-0.15, -0.1) is 11.3 Å². The molecule has 2 aromatic rings. The van der Waals surface area contributed by atoms with Gasteiger partial charge in [0.1, 0.15) is 0 Å². The fourth-order valence-electron chi connectivity index (χ4n) is 1.19. The van der Waals surface area contributed by atoms with Crippen molar-refractivity contribution in [2.75, 3.05) is 5.43 Å². The number of hydrazone groups is 1. The second kappa shape index (κ2) is 4.70. The zero-order valence-electron chi connectivity index (χ0n) is 8.34. The van der Waals surface area contributed by atoms with Crippen LogP contribution in [-0.4, -0.2) is 11.2 Å². The lowest BCUT2D eigenvalue weighted by molar-refractivity contribution is 1.29. The topological polar surface area (TPSA) is 37.3 Å². The van der Waals surface area contributed by atoms with Gasteiger partial charge in [0.05, 0.1) is 6.21 Å². The quantitative estimate of drug-likeness (QED) is 0.634. The minimum atomic E-state index is 0.805. The van der Waals surface area contributed by atoms with Gasteiger partial charge in [0.15, 0.2) is 0 Å². The van der Waals surface area contributed by atoms with Crippen LogP contribution in [0.25, 0.3) is 0 Å². The first-order valence-corrected chi connectivity index (χ1v) is 5.48. The van der Waals surface area contributed by atoms with E-state index in [1.165, 1.54) is 16.9 Å². The number of nitrogens with zero attached hydrogens (tertiary/aromatic N) is 2. The third-order valence-electron chi connectivity index (χ3n) is 1.85. The van der Waals surface area contributed by atoms with E-state index >= 15 is 0 Å². The monoisotopic (exact) mass is 217 g/mol. The van der Waals surface area contributed by atoms with Gasteiger partial charge >= 0.3 is 0 Å². The summed E-state index contributed by atoms with van der Waals surface area (Å²) in [7, 11) is 0. The van der Waals surface area contributed by atoms with E-state index in [1.807, 2.05) is 17.5 Å². The Labute approximate surface area is 92.5 Å². The largest absolute Gasteiger partial charge is 0.253 e. The Bertz CT molecular complexity index is 449. The summed E-state index contributed by atoms with van der Waals surface area (Å²) >= 11 is 1.53. The third-order valence-corrected chi connectivity index (χ3v) is 2.53. The van der Waals surface area contributed by atoms with Crippen molar-refractivity contribution in [1.29, 1.82) is 0 Å². The van der Waals surface area contributed by atoms with Gasteiger partial charge in [-0.1, -0.05) is 29.8 Å². The Morgan fingerprint density at radius 3 is 3.13 bits per heavy atom. The van der Waals surface area contributed by atoms with Crippen LogP contribution < -0.4 is 5.43 Å². The van der Waals surface area contributed by atoms with Crippen molar-refractivity contribution >= 4 is 22.7 Å². The van der Waals surface area contributed by atoms with E-state index in [9.17, 15) is 0 Å². The van der Waals surface area contributed by atoms with Crippen LogP contribution in [0.15, 0.2) is 40.9 Å². The molecular formula is C11H11N3S. The molecule has 0 saturated heterocycles. The minimum absolute atomic E-state index is 0.805. The Morgan fingerprint density at radius 1 is 1.47 bits per heavy atom. The minimum Gasteiger partial charge on any atom is -0.253 e. The molecular weight excluding hydrogens is 206 g/mol. The fraction of sp³-hybridized carbons (Fsp3) is 0.0909. The molecule has 0 saturated carbocycles. The number of rotatable bonds is 3. The lowest BCUT2D eigenvalue weighted by Crippen LogP contribution is -1.89. The first kappa shape index (κ1) is 9.86. The SMILES string of the molecule is Cc1cccc(C=NNc2nccs2)c1. The van der Waals surface area contributed by atoms with Gasteiger partial charge in [-0.2, -0.15) is 5.10 Å². The van der Waals surface area contributed by atoms with Crippen LogP contribution in [-0.2, 0) is 0 Å². The Hall–Kier alpha value is -1.68. The van der Waals surface area contributed by atoms with Gasteiger partial charge in [-0.05, 0) is 12.5 Å². The fourth-order valence-corrected chi connectivity index (χ4v) is 1.67. The Kier molecular flexibility index (Phi) is 3.09. The highest BCUT2D eigenvalue weighted by Crippen LogP contribution is 2.09. The van der Waals surface area contributed by atoms with E-state index in [1.54, 1.807) is 12.4 Å². The molecule has 0 aliphatic heterocycles. The number of aryl methyl sites for hydroxylation is 1. The molecule has 0 aliphatic rings. The zero-order valence-corrected chi connectivity index (χ0v) is 9.16. The molecule has 76 valence electrons. The predicted molar refractivity (Wildman–Crippen MR) is 64.5 cm³/mol. The molecule has 0 bridgehead atoms. The zero-order chi connectivity index (χ0) is 10.5. The number of hydrogen-bond acceptors (Lipinski definition) is 4. The summed E-state index contributed by atoms with van der Waals surface area (Å²) in [6, 6.07) is 8.17. The van der Waals surface area contributed by atoms with Crippen LogP contribution in [0.3, 0.4) is 0 Å². The summed E-state index contributed by atoms with van der Waals surface area (Å²) in [5, 5.41) is 6.81. The molecule has 0 aliphatic carbocycles. The molecule has 15 heavy (non-hydrogen) atoms. The van der Waals surface area contributed by atoms with Crippen molar-refractivity contribution in [1.82, 2.24) is 4.98 Å². The van der Waals surface area contributed by atoms with Crippen LogP contribution >= 0.6 is 11.3 Å². The maximum absolute atomic E-state index is 4.10. The molecule has 0 unspecified atom stereocenters. The normalized spacial score (nSPS) is 10.7. The van der Waals surface area contributed by atoms with Crippen molar-refractivity contribution in [3.63, 3.8) is 0 Å². The van der Waals surface area contributed by atoms with Crippen molar-refractivity contribution < 1.29 is 0 Å². The van der Waals surface area contributed by atoms with Crippen molar-refractivity contribution in [3.05, 3.63) is 47.0 Å². The van der Waals surface area contributed by atoms with Gasteiger partial charge in [0.2, 0.25) is 5.13 Å². The van der Waals surface area contributed by atoms with Gasteiger partial charge in [-0.25, -0.2) is 4.98 Å². The number of anilines is 1. The van der Waals surface area contributed by atoms with E-state index in [4.69, 9.17) is 0 Å². The number of thiazole rings is 1. The lowest BCUT2D eigenvalue weighted by atomic mass is 10.2. The molecule has 1 aromatic carbocycles. The van der Waals surface area contributed by atoms with Crippen LogP contribution in [0, 0.1) is 6.92 Å². The molecule has 1 aromatic heterocycles. The maximum Gasteiger partial charge on any atom is 0.203 e. The highest BCUT2D eigenvalue weighted by Gasteiger charge is 1.90. The molecule has 2 rings (SSSR count). The number of benzene rings is 1. The Morgan fingerprint density at radius 2 is 2.40 bits per heavy atom. The highest BCUT2D eigenvalue weighted by molar-refractivity contribution is 7.13. The van der Waals surface area contributed by atoms with E-state index < -0.39 is 0 Å². The van der Waals surface area contributed by atoms with E-state index in [2.05, 4.69) is 34.6 Å². The predicted octanol–water partition coefficient (Wildman–Crippen LogP) is 2.90. The second-order valence-corrected chi connectivity index (χ2v) is 4.02. The van der Waals surface area contributed by atoms with E-state index in [0.717, 1.165) is 10.7 Å². The van der Waals surface area contributed by atoms with Crippen molar-refractivity contribution in [3.8, 4) is 0 Å². The molecule has 3 nitrogen and oxygen atoms in total. The molecule has 1 heterocycles. The van der Waals surface area contributed by atoms with E-state index in [-0.39, 0.29) is 0 Å². The summed E-state index contributed by atoms with van der Waals surface area (Å²) in [4.78, 5) is 4.06. The van der Waals surface area contributed by atoms with Gasteiger partial charge in [-0.3, -0.25) is 5.43 Å². The lowest BCUT2D eigenvalue weighted by Gasteiger charge is -1.95. The van der Waals surface area contributed by atoms with Crippen LogP contribution in [0.1, 0.15) is 11.1 Å². The molecule has 0 radical (unpaired) electrons. The summed E-state index contributed by atoms with van der Waals surface area (Å²) in [5.41, 5.74) is 5.18. The summed E-state index contributed by atoms with van der Waals surface area (Å²) in [6.45, 7) is 2.06. The van der Waals surface area contributed by atoms with Crippen LogP contribution in [0.4, 0.5) is 5.13 Å². The van der Waals surface area contributed by atoms with Gasteiger partial charge in [0.25, 0.3) is 0 Å². The van der Waals surface area contributed by atoms with Crippen molar-refractivity contribution in [2.45, 2.75) is 6.92 Å². The van der Waals surface area contributed by atoms with Gasteiger partial charge in [0, 0.05) is 11.6 Å². The molecule has 0 fully saturated rings. The number of aromatic nitrogens is 1. The average molecular weight is 217 g/mol. The van der Waals surface area contributed by atoms with Gasteiger partial charge < -0.3 is 0 Å². The summed E-state index contributed by atoms with van der Waals surface area (Å²) < 4.78 is 0.